The summed E-state index contributed by atoms with van der Waals surface area (Å²) in [5.41, 5.74) is 1.04. The molecule has 1 atom stereocenters. The van der Waals surface area contributed by atoms with Gasteiger partial charge in [0.15, 0.2) is 0 Å². The zero-order valence-electron chi connectivity index (χ0n) is 13.9. The van der Waals surface area contributed by atoms with Gasteiger partial charge in [-0.3, -0.25) is 4.79 Å². The van der Waals surface area contributed by atoms with Gasteiger partial charge in [-0.15, -0.1) is 0 Å². The van der Waals surface area contributed by atoms with Gasteiger partial charge in [0.05, 0.1) is 5.56 Å². The molecule has 130 valence electrons. The minimum absolute atomic E-state index is 0.157. The van der Waals surface area contributed by atoms with Crippen molar-refractivity contribution in [2.24, 2.45) is 5.92 Å². The monoisotopic (exact) mass is 331 g/mol. The number of carbonyl (C=O) groups excluding carboxylic acids is 1. The van der Waals surface area contributed by atoms with Crippen molar-refractivity contribution < 1.29 is 19.4 Å². The fraction of sp³-hybridized carbons (Fsp3) is 0.579. The van der Waals surface area contributed by atoms with Gasteiger partial charge in [-0.25, -0.2) is 4.79 Å². The van der Waals surface area contributed by atoms with E-state index in [1.807, 2.05) is 11.0 Å². The molecule has 2 aliphatic rings. The van der Waals surface area contributed by atoms with Gasteiger partial charge < -0.3 is 14.7 Å². The summed E-state index contributed by atoms with van der Waals surface area (Å²) >= 11 is 0. The number of carboxylic acids is 1. The highest BCUT2D eigenvalue weighted by Gasteiger charge is 2.35. The second kappa shape index (κ2) is 7.79. The second-order valence-electron chi connectivity index (χ2n) is 6.71. The highest BCUT2D eigenvalue weighted by molar-refractivity contribution is 5.89. The van der Waals surface area contributed by atoms with Crippen LogP contribution in [-0.4, -0.2) is 47.7 Å². The van der Waals surface area contributed by atoms with Crippen molar-refractivity contribution in [1.29, 1.82) is 0 Å². The Morgan fingerprint density at radius 2 is 1.92 bits per heavy atom. The lowest BCUT2D eigenvalue weighted by Crippen LogP contribution is -2.42. The summed E-state index contributed by atoms with van der Waals surface area (Å²) in [7, 11) is 0. The van der Waals surface area contributed by atoms with E-state index in [0.717, 1.165) is 51.0 Å². The number of aryl methyl sites for hydroxylation is 1. The Hall–Kier alpha value is -1.88. The molecule has 24 heavy (non-hydrogen) atoms. The number of likely N-dealkylation sites (tertiary alicyclic amines) is 1. The predicted octanol–water partition coefficient (Wildman–Crippen LogP) is 2.74. The number of carbonyl (C=O) groups is 2. The lowest BCUT2D eigenvalue weighted by molar-refractivity contribution is -0.133. The van der Waals surface area contributed by atoms with Crippen LogP contribution in [-0.2, 0) is 16.0 Å². The van der Waals surface area contributed by atoms with Crippen molar-refractivity contribution >= 4 is 11.9 Å². The molecule has 1 aromatic carbocycles. The number of hydrogen-bond acceptors (Lipinski definition) is 3. The SMILES string of the molecule is O=C(O)c1ccccc1CCC(=O)N1CCC[C@H]1C1CCOCC1. The minimum Gasteiger partial charge on any atom is -0.478 e. The third-order valence-electron chi connectivity index (χ3n) is 5.29. The summed E-state index contributed by atoms with van der Waals surface area (Å²) in [4.78, 5) is 26.0. The van der Waals surface area contributed by atoms with Gasteiger partial charge in [0.1, 0.15) is 0 Å². The van der Waals surface area contributed by atoms with E-state index in [0.29, 0.717) is 30.4 Å². The summed E-state index contributed by atoms with van der Waals surface area (Å²) in [6.07, 6.45) is 5.09. The van der Waals surface area contributed by atoms with Crippen molar-refractivity contribution in [3.63, 3.8) is 0 Å². The molecule has 0 aliphatic carbocycles. The maximum absolute atomic E-state index is 12.7. The van der Waals surface area contributed by atoms with E-state index >= 15 is 0 Å². The quantitative estimate of drug-likeness (QED) is 0.901. The Balaban J connectivity index is 1.61. The smallest absolute Gasteiger partial charge is 0.335 e. The maximum Gasteiger partial charge on any atom is 0.335 e. The number of ether oxygens (including phenoxy) is 1. The zero-order valence-corrected chi connectivity index (χ0v) is 13.9. The van der Waals surface area contributed by atoms with E-state index < -0.39 is 5.97 Å². The van der Waals surface area contributed by atoms with Crippen LogP contribution in [0.3, 0.4) is 0 Å². The number of aromatic carboxylic acids is 1. The Kier molecular flexibility index (Phi) is 5.51. The van der Waals surface area contributed by atoms with Crippen molar-refractivity contribution in [3.05, 3.63) is 35.4 Å². The van der Waals surface area contributed by atoms with E-state index in [1.165, 1.54) is 0 Å². The maximum atomic E-state index is 12.7. The average Bonchev–Trinajstić information content (AvgIpc) is 3.10. The molecule has 0 bridgehead atoms. The highest BCUT2D eigenvalue weighted by atomic mass is 16.5. The molecule has 0 spiro atoms. The molecule has 2 fully saturated rings. The first-order chi connectivity index (χ1) is 11.7. The van der Waals surface area contributed by atoms with Crippen LogP contribution >= 0.6 is 0 Å². The fourth-order valence-corrected chi connectivity index (χ4v) is 4.03. The van der Waals surface area contributed by atoms with Gasteiger partial charge in [-0.05, 0) is 49.7 Å². The minimum atomic E-state index is -0.931. The van der Waals surface area contributed by atoms with Gasteiger partial charge in [0.2, 0.25) is 5.91 Å². The van der Waals surface area contributed by atoms with E-state index in [2.05, 4.69) is 0 Å². The van der Waals surface area contributed by atoms with Crippen LogP contribution in [0.4, 0.5) is 0 Å². The van der Waals surface area contributed by atoms with Gasteiger partial charge in [0.25, 0.3) is 0 Å². The van der Waals surface area contributed by atoms with Gasteiger partial charge in [-0.1, -0.05) is 18.2 Å². The third kappa shape index (κ3) is 3.78. The van der Waals surface area contributed by atoms with Gasteiger partial charge >= 0.3 is 5.97 Å². The number of hydrogen-bond donors (Lipinski definition) is 1. The third-order valence-corrected chi connectivity index (χ3v) is 5.29. The Morgan fingerprint density at radius 3 is 2.67 bits per heavy atom. The summed E-state index contributed by atoms with van der Waals surface area (Å²) in [5.74, 6) is -0.222. The van der Waals surface area contributed by atoms with Gasteiger partial charge in [0, 0.05) is 32.2 Å². The molecule has 2 saturated heterocycles. The van der Waals surface area contributed by atoms with Crippen molar-refractivity contribution in [2.45, 2.75) is 44.6 Å². The van der Waals surface area contributed by atoms with E-state index in [-0.39, 0.29) is 5.91 Å². The second-order valence-corrected chi connectivity index (χ2v) is 6.71. The molecule has 2 heterocycles. The fourth-order valence-electron chi connectivity index (χ4n) is 4.03. The molecule has 0 radical (unpaired) electrons. The lowest BCUT2D eigenvalue weighted by atomic mass is 9.90. The molecular formula is C19H25NO4. The molecule has 0 unspecified atom stereocenters. The molecule has 1 aromatic rings. The topological polar surface area (TPSA) is 66.8 Å². The van der Waals surface area contributed by atoms with Crippen LogP contribution in [0.15, 0.2) is 24.3 Å². The first-order valence-electron chi connectivity index (χ1n) is 8.85. The largest absolute Gasteiger partial charge is 0.478 e. The van der Waals surface area contributed by atoms with Crippen LogP contribution in [0.2, 0.25) is 0 Å². The molecule has 1 N–H and O–H groups in total. The number of amides is 1. The predicted molar refractivity (Wildman–Crippen MR) is 90.0 cm³/mol. The summed E-state index contributed by atoms with van der Waals surface area (Å²) < 4.78 is 5.44. The number of rotatable bonds is 5. The molecule has 0 aromatic heterocycles. The molecular weight excluding hydrogens is 306 g/mol. The summed E-state index contributed by atoms with van der Waals surface area (Å²) in [5, 5.41) is 9.25. The Labute approximate surface area is 142 Å². The van der Waals surface area contributed by atoms with Crippen molar-refractivity contribution in [3.8, 4) is 0 Å². The number of benzene rings is 1. The normalized spacial score (nSPS) is 21.8. The summed E-state index contributed by atoms with van der Waals surface area (Å²) in [6.45, 7) is 2.44. The number of carboxylic acid groups (broad SMARTS) is 1. The van der Waals surface area contributed by atoms with Crippen LogP contribution < -0.4 is 0 Å². The Bertz CT molecular complexity index is 595. The van der Waals surface area contributed by atoms with Crippen LogP contribution in [0.1, 0.15) is 48.0 Å². The van der Waals surface area contributed by atoms with Gasteiger partial charge in [-0.2, -0.15) is 0 Å². The molecule has 5 nitrogen and oxygen atoms in total. The standard InChI is InChI=1S/C19H25NO4/c21-18(8-7-14-4-1-2-5-16(14)19(22)23)20-11-3-6-17(20)15-9-12-24-13-10-15/h1-2,4-5,15,17H,3,6-13H2,(H,22,23)/t17-/m0/s1. The first kappa shape index (κ1) is 17.0. The Morgan fingerprint density at radius 1 is 1.17 bits per heavy atom. The lowest BCUT2D eigenvalue weighted by Gasteiger charge is -2.34. The molecule has 2 aliphatic heterocycles. The van der Waals surface area contributed by atoms with Crippen molar-refractivity contribution in [2.75, 3.05) is 19.8 Å². The van der Waals surface area contributed by atoms with Crippen LogP contribution in [0.25, 0.3) is 0 Å². The molecule has 5 heteroatoms. The zero-order chi connectivity index (χ0) is 16.9. The molecule has 1 amide bonds. The number of nitrogens with zero attached hydrogens (tertiary/aromatic N) is 1. The van der Waals surface area contributed by atoms with Crippen molar-refractivity contribution in [1.82, 2.24) is 4.90 Å². The van der Waals surface area contributed by atoms with E-state index in [1.54, 1.807) is 18.2 Å². The first-order valence-corrected chi connectivity index (χ1v) is 8.85. The van der Waals surface area contributed by atoms with E-state index in [9.17, 15) is 14.7 Å². The van der Waals surface area contributed by atoms with Crippen LogP contribution in [0, 0.1) is 5.92 Å². The van der Waals surface area contributed by atoms with E-state index in [4.69, 9.17) is 4.74 Å². The average molecular weight is 331 g/mol. The van der Waals surface area contributed by atoms with Crippen LogP contribution in [0.5, 0.6) is 0 Å². The molecule has 3 rings (SSSR count). The summed E-state index contributed by atoms with van der Waals surface area (Å²) in [6, 6.07) is 7.29. The highest BCUT2D eigenvalue weighted by Crippen LogP contribution is 2.31. The molecule has 0 saturated carbocycles.